The van der Waals surface area contributed by atoms with Crippen LogP contribution >= 0.6 is 0 Å². The molecule has 1 aliphatic heterocycles. The highest BCUT2D eigenvalue weighted by Crippen LogP contribution is 2.30. The van der Waals surface area contributed by atoms with E-state index in [0.717, 1.165) is 25.3 Å². The van der Waals surface area contributed by atoms with E-state index in [1.807, 2.05) is 30.3 Å². The lowest BCUT2D eigenvalue weighted by molar-refractivity contribution is 0.190. The van der Waals surface area contributed by atoms with Gasteiger partial charge in [0.15, 0.2) is 5.65 Å². The van der Waals surface area contributed by atoms with Crippen molar-refractivity contribution in [2.24, 2.45) is 0 Å². The molecule has 1 aromatic carbocycles. The van der Waals surface area contributed by atoms with Gasteiger partial charge >= 0.3 is 5.69 Å². The molecule has 0 N–H and O–H groups in total. The average molecular weight is 366 g/mol. The van der Waals surface area contributed by atoms with Gasteiger partial charge in [0.1, 0.15) is 5.75 Å². The second-order valence-electron chi connectivity index (χ2n) is 7.11. The molecule has 0 bridgehead atoms. The van der Waals surface area contributed by atoms with Crippen LogP contribution in [0.15, 0.2) is 53.5 Å². The minimum atomic E-state index is -0.0681. The number of nitrogens with zero attached hydrogens (tertiary/aromatic N) is 4. The number of hydrogen-bond acceptors (Lipinski definition) is 4. The molecule has 2 aromatic heterocycles. The molecule has 1 aliphatic rings. The fourth-order valence-corrected chi connectivity index (χ4v) is 3.98. The Bertz CT molecular complexity index is 945. The predicted octanol–water partition coefficient (Wildman–Crippen LogP) is 3.12. The first-order valence-electron chi connectivity index (χ1n) is 9.68. The Morgan fingerprint density at radius 2 is 1.93 bits per heavy atom. The molecule has 6 heteroatoms. The molecule has 0 amide bonds. The Hall–Kier alpha value is -2.60. The van der Waals surface area contributed by atoms with Crippen molar-refractivity contribution in [1.82, 2.24) is 19.1 Å². The van der Waals surface area contributed by atoms with E-state index in [1.165, 1.54) is 24.8 Å². The van der Waals surface area contributed by atoms with Gasteiger partial charge in [0.25, 0.3) is 0 Å². The van der Waals surface area contributed by atoms with Gasteiger partial charge in [-0.25, -0.2) is 9.48 Å². The van der Waals surface area contributed by atoms with Gasteiger partial charge in [-0.05, 0) is 49.2 Å². The summed E-state index contributed by atoms with van der Waals surface area (Å²) in [6.45, 7) is 2.48. The van der Waals surface area contributed by atoms with Crippen molar-refractivity contribution in [3.63, 3.8) is 0 Å². The maximum atomic E-state index is 12.5. The van der Waals surface area contributed by atoms with Crippen LogP contribution in [0.25, 0.3) is 5.65 Å². The number of benzene rings is 1. The number of ether oxygens (including phenoxy) is 1. The number of rotatable bonds is 5. The van der Waals surface area contributed by atoms with Crippen molar-refractivity contribution in [3.05, 3.63) is 64.7 Å². The highest BCUT2D eigenvalue weighted by Gasteiger charge is 2.23. The zero-order chi connectivity index (χ0) is 18.6. The molecule has 0 aliphatic carbocycles. The van der Waals surface area contributed by atoms with Crippen LogP contribution in [-0.4, -0.2) is 39.3 Å². The summed E-state index contributed by atoms with van der Waals surface area (Å²) in [4.78, 5) is 15.0. The van der Waals surface area contributed by atoms with Crippen molar-refractivity contribution < 1.29 is 4.74 Å². The Balaban J connectivity index is 1.53. The molecule has 6 nitrogen and oxygen atoms in total. The molecule has 4 rings (SSSR count). The molecule has 0 unspecified atom stereocenters. The lowest BCUT2D eigenvalue weighted by Gasteiger charge is -2.30. The van der Waals surface area contributed by atoms with Gasteiger partial charge in [0, 0.05) is 18.8 Å². The van der Waals surface area contributed by atoms with Gasteiger partial charge in [-0.3, -0.25) is 9.30 Å². The van der Waals surface area contributed by atoms with Gasteiger partial charge < -0.3 is 4.74 Å². The first kappa shape index (κ1) is 17.8. The number of hydrogen-bond donors (Lipinski definition) is 0. The summed E-state index contributed by atoms with van der Waals surface area (Å²) >= 11 is 0. The van der Waals surface area contributed by atoms with Crippen LogP contribution in [0.5, 0.6) is 5.75 Å². The van der Waals surface area contributed by atoms with Crippen molar-refractivity contribution >= 4 is 5.65 Å². The van der Waals surface area contributed by atoms with E-state index in [1.54, 1.807) is 22.4 Å². The van der Waals surface area contributed by atoms with E-state index in [0.29, 0.717) is 18.2 Å². The van der Waals surface area contributed by atoms with E-state index in [4.69, 9.17) is 4.74 Å². The fourth-order valence-electron chi connectivity index (χ4n) is 3.98. The van der Waals surface area contributed by atoms with Crippen LogP contribution in [0, 0.1) is 0 Å². The molecule has 0 radical (unpaired) electrons. The molecule has 1 atom stereocenters. The summed E-state index contributed by atoms with van der Waals surface area (Å²) in [6.07, 6.45) is 6.62. The number of methoxy groups -OCH3 is 1. The zero-order valence-electron chi connectivity index (χ0n) is 15.8. The van der Waals surface area contributed by atoms with Crippen LogP contribution in [0.2, 0.25) is 0 Å². The Morgan fingerprint density at radius 1 is 1.07 bits per heavy atom. The van der Waals surface area contributed by atoms with Crippen LogP contribution < -0.4 is 10.4 Å². The third-order valence-electron chi connectivity index (χ3n) is 5.45. The lowest BCUT2D eigenvalue weighted by atomic mass is 10.0. The van der Waals surface area contributed by atoms with Gasteiger partial charge in [0.2, 0.25) is 0 Å². The third kappa shape index (κ3) is 3.76. The summed E-state index contributed by atoms with van der Waals surface area (Å²) < 4.78 is 8.48. The number of likely N-dealkylation sites (tertiary alicyclic amines) is 1. The first-order valence-corrected chi connectivity index (χ1v) is 9.68. The van der Waals surface area contributed by atoms with E-state index in [-0.39, 0.29) is 5.69 Å². The SMILES string of the molecule is COc1ccc([C@H]2CCCCCN2CCn2nc3ccccn3c2=O)cc1. The van der Waals surface area contributed by atoms with Crippen molar-refractivity contribution in [1.29, 1.82) is 0 Å². The summed E-state index contributed by atoms with van der Waals surface area (Å²) in [5, 5.41) is 4.46. The van der Waals surface area contributed by atoms with E-state index in [9.17, 15) is 4.79 Å². The van der Waals surface area contributed by atoms with Gasteiger partial charge in [0.05, 0.1) is 13.7 Å². The average Bonchev–Trinajstić information content (AvgIpc) is 2.88. The molecule has 27 heavy (non-hydrogen) atoms. The molecule has 0 saturated carbocycles. The van der Waals surface area contributed by atoms with Crippen LogP contribution in [0.3, 0.4) is 0 Å². The minimum Gasteiger partial charge on any atom is -0.497 e. The summed E-state index contributed by atoms with van der Waals surface area (Å²) in [5.41, 5.74) is 1.95. The highest BCUT2D eigenvalue weighted by molar-refractivity contribution is 5.35. The molecular formula is C21H26N4O2. The maximum absolute atomic E-state index is 12.5. The van der Waals surface area contributed by atoms with Gasteiger partial charge in [-0.15, -0.1) is 5.10 Å². The van der Waals surface area contributed by atoms with Crippen LogP contribution in [0.1, 0.15) is 37.3 Å². The van der Waals surface area contributed by atoms with E-state index < -0.39 is 0 Å². The zero-order valence-corrected chi connectivity index (χ0v) is 15.8. The standard InChI is InChI=1S/C21H26N4O2/c1-27-18-11-9-17(10-12-18)19-7-3-2-5-13-23(19)15-16-25-21(26)24-14-6-4-8-20(24)22-25/h4,6,8-12,14,19H,2-3,5,7,13,15-16H2,1H3/t19-/m1/s1. The molecular weight excluding hydrogens is 340 g/mol. The molecule has 1 fully saturated rings. The van der Waals surface area contributed by atoms with Gasteiger partial charge in [-0.2, -0.15) is 0 Å². The second kappa shape index (κ2) is 7.96. The quantitative estimate of drug-likeness (QED) is 0.696. The molecule has 142 valence electrons. The maximum Gasteiger partial charge on any atom is 0.350 e. The Labute approximate surface area is 159 Å². The second-order valence-corrected chi connectivity index (χ2v) is 7.11. The predicted molar refractivity (Wildman–Crippen MR) is 105 cm³/mol. The van der Waals surface area contributed by atoms with Crippen LogP contribution in [-0.2, 0) is 6.54 Å². The summed E-state index contributed by atoms with van der Waals surface area (Å²) in [6, 6.07) is 14.4. The van der Waals surface area contributed by atoms with Crippen molar-refractivity contribution in [2.45, 2.75) is 38.3 Å². The summed E-state index contributed by atoms with van der Waals surface area (Å²) in [7, 11) is 1.69. The van der Waals surface area contributed by atoms with E-state index >= 15 is 0 Å². The molecule has 0 spiro atoms. The highest BCUT2D eigenvalue weighted by atomic mass is 16.5. The lowest BCUT2D eigenvalue weighted by Crippen LogP contribution is -2.34. The Kier molecular flexibility index (Phi) is 5.25. The number of pyridine rings is 1. The number of fused-ring (bicyclic) bond motifs is 1. The van der Waals surface area contributed by atoms with E-state index in [2.05, 4.69) is 22.1 Å². The van der Waals surface area contributed by atoms with Crippen molar-refractivity contribution in [3.8, 4) is 5.75 Å². The van der Waals surface area contributed by atoms with Crippen molar-refractivity contribution in [2.75, 3.05) is 20.2 Å². The van der Waals surface area contributed by atoms with Gasteiger partial charge in [-0.1, -0.05) is 31.0 Å². The third-order valence-corrected chi connectivity index (χ3v) is 5.45. The number of aromatic nitrogens is 3. The minimum absolute atomic E-state index is 0.0681. The Morgan fingerprint density at radius 3 is 2.70 bits per heavy atom. The smallest absolute Gasteiger partial charge is 0.350 e. The summed E-state index contributed by atoms with van der Waals surface area (Å²) in [5.74, 6) is 0.884. The molecule has 1 saturated heterocycles. The monoisotopic (exact) mass is 366 g/mol. The fraction of sp³-hybridized carbons (Fsp3) is 0.429. The topological polar surface area (TPSA) is 51.8 Å². The largest absolute Gasteiger partial charge is 0.497 e. The molecule has 3 heterocycles. The molecule has 3 aromatic rings. The first-order chi connectivity index (χ1) is 13.3. The normalized spacial score (nSPS) is 18.5. The van der Waals surface area contributed by atoms with Crippen LogP contribution in [0.4, 0.5) is 0 Å².